The van der Waals surface area contributed by atoms with E-state index in [2.05, 4.69) is 9.88 Å². The van der Waals surface area contributed by atoms with Crippen molar-refractivity contribution in [2.75, 3.05) is 19.6 Å². The van der Waals surface area contributed by atoms with E-state index < -0.39 is 0 Å². The lowest BCUT2D eigenvalue weighted by Gasteiger charge is -2.34. The van der Waals surface area contributed by atoms with Crippen LogP contribution in [0.5, 0.6) is 0 Å². The lowest BCUT2D eigenvalue weighted by atomic mass is 10.0. The standard InChI is InChI=1S/C22H27ClN2O2/c1-17(26)5-4-14-25-15-11-20(12-16-25)27-22(21-6-2-3-13-24-21)18-7-9-19(23)10-8-18/h2-3,6-10,13,20,22H,4-5,11-12,14-16H2,1H3/t22-/m0/s1. The Morgan fingerprint density at radius 3 is 2.59 bits per heavy atom. The van der Waals surface area contributed by atoms with Crippen molar-refractivity contribution in [1.29, 1.82) is 0 Å². The summed E-state index contributed by atoms with van der Waals surface area (Å²) in [7, 11) is 0. The fourth-order valence-electron chi connectivity index (χ4n) is 3.50. The van der Waals surface area contributed by atoms with Crippen LogP contribution in [0.4, 0.5) is 0 Å². The van der Waals surface area contributed by atoms with Crippen LogP contribution in [0.1, 0.15) is 50.0 Å². The van der Waals surface area contributed by atoms with E-state index in [9.17, 15) is 4.79 Å². The van der Waals surface area contributed by atoms with Gasteiger partial charge in [-0.3, -0.25) is 4.98 Å². The maximum absolute atomic E-state index is 11.1. The van der Waals surface area contributed by atoms with Crippen molar-refractivity contribution in [2.24, 2.45) is 0 Å². The summed E-state index contributed by atoms with van der Waals surface area (Å²) in [6.07, 6.45) is 5.44. The molecule has 1 aliphatic heterocycles. The van der Waals surface area contributed by atoms with Gasteiger partial charge in [0.25, 0.3) is 0 Å². The molecule has 1 aromatic heterocycles. The molecule has 144 valence electrons. The number of piperidine rings is 1. The molecule has 1 aliphatic rings. The normalized spacial score (nSPS) is 17.0. The van der Waals surface area contributed by atoms with Gasteiger partial charge in [-0.15, -0.1) is 0 Å². The molecule has 0 spiro atoms. The predicted molar refractivity (Wildman–Crippen MR) is 108 cm³/mol. The van der Waals surface area contributed by atoms with Gasteiger partial charge < -0.3 is 14.4 Å². The van der Waals surface area contributed by atoms with Crippen LogP contribution in [0.25, 0.3) is 0 Å². The van der Waals surface area contributed by atoms with E-state index >= 15 is 0 Å². The summed E-state index contributed by atoms with van der Waals surface area (Å²) in [5, 5.41) is 0.720. The predicted octanol–water partition coefficient (Wildman–Crippen LogP) is 4.67. The van der Waals surface area contributed by atoms with E-state index in [0.717, 1.165) is 55.2 Å². The Kier molecular flexibility index (Phi) is 7.39. The average molecular weight is 387 g/mol. The van der Waals surface area contributed by atoms with Crippen molar-refractivity contribution in [3.8, 4) is 0 Å². The topological polar surface area (TPSA) is 42.4 Å². The van der Waals surface area contributed by atoms with Gasteiger partial charge in [-0.25, -0.2) is 0 Å². The first-order valence-electron chi connectivity index (χ1n) is 9.65. The largest absolute Gasteiger partial charge is 0.364 e. The third-order valence-corrected chi connectivity index (χ3v) is 5.25. The Morgan fingerprint density at radius 2 is 1.96 bits per heavy atom. The third kappa shape index (κ3) is 6.13. The molecule has 0 amide bonds. The molecule has 0 unspecified atom stereocenters. The van der Waals surface area contributed by atoms with Gasteiger partial charge in [-0.05, 0) is 62.6 Å². The number of ketones is 1. The summed E-state index contributed by atoms with van der Waals surface area (Å²) < 4.78 is 6.51. The highest BCUT2D eigenvalue weighted by Gasteiger charge is 2.25. The fraction of sp³-hybridized carbons (Fsp3) is 0.455. The number of ether oxygens (including phenoxy) is 1. The molecule has 3 rings (SSSR count). The van der Waals surface area contributed by atoms with Crippen LogP contribution < -0.4 is 0 Å². The van der Waals surface area contributed by atoms with Crippen LogP contribution in [0.15, 0.2) is 48.7 Å². The molecule has 2 aromatic rings. The summed E-state index contributed by atoms with van der Waals surface area (Å²) in [4.78, 5) is 18.0. The Bertz CT molecular complexity index is 713. The Balaban J connectivity index is 1.60. The number of carbonyl (C=O) groups excluding carboxylic acids is 1. The minimum Gasteiger partial charge on any atom is -0.364 e. The number of pyridine rings is 1. The lowest BCUT2D eigenvalue weighted by Crippen LogP contribution is -2.38. The number of rotatable bonds is 8. The van der Waals surface area contributed by atoms with Crippen molar-refractivity contribution >= 4 is 17.4 Å². The maximum atomic E-state index is 11.1. The quantitative estimate of drug-likeness (QED) is 0.660. The molecule has 5 heteroatoms. The molecule has 1 fully saturated rings. The highest BCUT2D eigenvalue weighted by Crippen LogP contribution is 2.29. The third-order valence-electron chi connectivity index (χ3n) is 5.00. The molecule has 4 nitrogen and oxygen atoms in total. The zero-order chi connectivity index (χ0) is 19.1. The first-order valence-corrected chi connectivity index (χ1v) is 10.0. The number of likely N-dealkylation sites (tertiary alicyclic amines) is 1. The molecule has 1 aromatic carbocycles. The summed E-state index contributed by atoms with van der Waals surface area (Å²) in [5.74, 6) is 0.273. The van der Waals surface area contributed by atoms with E-state index in [0.29, 0.717) is 6.42 Å². The van der Waals surface area contributed by atoms with Crippen LogP contribution in [0.3, 0.4) is 0 Å². The second-order valence-electron chi connectivity index (χ2n) is 7.17. The molecule has 0 bridgehead atoms. The summed E-state index contributed by atoms with van der Waals surface area (Å²) in [6, 6.07) is 13.7. The van der Waals surface area contributed by atoms with Crippen LogP contribution in [0.2, 0.25) is 5.02 Å². The molecule has 27 heavy (non-hydrogen) atoms. The van der Waals surface area contributed by atoms with E-state index in [1.807, 2.05) is 42.5 Å². The van der Waals surface area contributed by atoms with E-state index in [1.54, 1.807) is 13.1 Å². The highest BCUT2D eigenvalue weighted by molar-refractivity contribution is 6.30. The Labute approximate surface area is 166 Å². The second kappa shape index (κ2) is 9.98. The molecule has 1 saturated heterocycles. The monoisotopic (exact) mass is 386 g/mol. The molecule has 0 N–H and O–H groups in total. The zero-order valence-electron chi connectivity index (χ0n) is 15.8. The molecule has 0 radical (unpaired) electrons. The Hall–Kier alpha value is -1.75. The van der Waals surface area contributed by atoms with Gasteiger partial charge in [-0.2, -0.15) is 0 Å². The minimum absolute atomic E-state index is 0.183. The van der Waals surface area contributed by atoms with Crippen LogP contribution in [0, 0.1) is 0 Å². The first kappa shape index (κ1) is 20.0. The van der Waals surface area contributed by atoms with E-state index in [-0.39, 0.29) is 18.0 Å². The number of carbonyl (C=O) groups is 1. The molecular weight excluding hydrogens is 360 g/mol. The zero-order valence-corrected chi connectivity index (χ0v) is 16.6. The summed E-state index contributed by atoms with van der Waals surface area (Å²) in [5.41, 5.74) is 1.99. The number of halogens is 1. The van der Waals surface area contributed by atoms with Gasteiger partial charge in [0.1, 0.15) is 11.9 Å². The molecule has 0 aliphatic carbocycles. The van der Waals surface area contributed by atoms with Crippen LogP contribution in [-0.4, -0.2) is 41.4 Å². The number of Topliss-reactive ketones (excluding diaryl/α,β-unsaturated/α-hetero) is 1. The lowest BCUT2D eigenvalue weighted by molar-refractivity contribution is -0.117. The molecule has 1 atom stereocenters. The SMILES string of the molecule is CC(=O)CCCN1CCC(O[C@@H](c2ccc(Cl)cc2)c2ccccn2)CC1. The second-order valence-corrected chi connectivity index (χ2v) is 7.61. The number of aromatic nitrogens is 1. The van der Waals surface area contributed by atoms with Gasteiger partial charge in [0, 0.05) is 30.7 Å². The Morgan fingerprint density at radius 1 is 1.22 bits per heavy atom. The van der Waals surface area contributed by atoms with Crippen molar-refractivity contribution < 1.29 is 9.53 Å². The fourth-order valence-corrected chi connectivity index (χ4v) is 3.63. The molecular formula is C22H27ClN2O2. The van der Waals surface area contributed by atoms with Crippen molar-refractivity contribution in [2.45, 2.75) is 44.8 Å². The average Bonchev–Trinajstić information content (AvgIpc) is 2.68. The van der Waals surface area contributed by atoms with Crippen LogP contribution >= 0.6 is 11.6 Å². The van der Waals surface area contributed by atoms with Gasteiger partial charge >= 0.3 is 0 Å². The highest BCUT2D eigenvalue weighted by atomic mass is 35.5. The van der Waals surface area contributed by atoms with E-state index in [1.165, 1.54) is 0 Å². The number of hydrogen-bond acceptors (Lipinski definition) is 4. The maximum Gasteiger partial charge on any atom is 0.129 e. The number of nitrogens with zero attached hydrogens (tertiary/aromatic N) is 2. The van der Waals surface area contributed by atoms with Gasteiger partial charge in [0.05, 0.1) is 11.8 Å². The smallest absolute Gasteiger partial charge is 0.129 e. The van der Waals surface area contributed by atoms with Gasteiger partial charge in [0.15, 0.2) is 0 Å². The molecule has 2 heterocycles. The number of hydrogen-bond donors (Lipinski definition) is 0. The van der Waals surface area contributed by atoms with Crippen molar-refractivity contribution in [3.63, 3.8) is 0 Å². The summed E-state index contributed by atoms with van der Waals surface area (Å²) >= 11 is 6.05. The van der Waals surface area contributed by atoms with E-state index in [4.69, 9.17) is 16.3 Å². The van der Waals surface area contributed by atoms with Gasteiger partial charge in [0.2, 0.25) is 0 Å². The molecule has 0 saturated carbocycles. The number of benzene rings is 1. The van der Waals surface area contributed by atoms with Gasteiger partial charge in [-0.1, -0.05) is 29.8 Å². The van der Waals surface area contributed by atoms with Crippen molar-refractivity contribution in [1.82, 2.24) is 9.88 Å². The van der Waals surface area contributed by atoms with Crippen LogP contribution in [-0.2, 0) is 9.53 Å². The minimum atomic E-state index is -0.183. The summed E-state index contributed by atoms with van der Waals surface area (Å²) in [6.45, 7) is 4.68. The first-order chi connectivity index (χ1) is 13.1. The van der Waals surface area contributed by atoms with Crippen molar-refractivity contribution in [3.05, 3.63) is 64.9 Å².